The van der Waals surface area contributed by atoms with Gasteiger partial charge < -0.3 is 4.57 Å². The second-order valence-electron chi connectivity index (χ2n) is 3.72. The first-order valence-corrected chi connectivity index (χ1v) is 5.25. The molecule has 0 radical (unpaired) electrons. The van der Waals surface area contributed by atoms with Crippen LogP contribution in [0, 0.1) is 6.92 Å². The van der Waals surface area contributed by atoms with E-state index in [0.717, 1.165) is 30.2 Å². The van der Waals surface area contributed by atoms with Crippen molar-refractivity contribution >= 4 is 0 Å². The smallest absolute Gasteiger partial charge is 0.153 e. The Morgan fingerprint density at radius 1 is 1.40 bits per heavy atom. The van der Waals surface area contributed by atoms with E-state index in [1.165, 1.54) is 0 Å². The van der Waals surface area contributed by atoms with Crippen LogP contribution in [0.15, 0.2) is 18.5 Å². The van der Waals surface area contributed by atoms with Gasteiger partial charge in [0.25, 0.3) is 0 Å². The van der Waals surface area contributed by atoms with Gasteiger partial charge in [-0.05, 0) is 19.4 Å². The monoisotopic (exact) mass is 204 g/mol. The fourth-order valence-electron chi connectivity index (χ4n) is 1.58. The average Bonchev–Trinajstić information content (AvgIpc) is 2.77. The third-order valence-electron chi connectivity index (χ3n) is 2.58. The second-order valence-corrected chi connectivity index (χ2v) is 3.72. The fourth-order valence-corrected chi connectivity index (χ4v) is 1.58. The minimum Gasteiger partial charge on any atom is -0.317 e. The molecule has 80 valence electrons. The summed E-state index contributed by atoms with van der Waals surface area (Å²) in [6.07, 6.45) is 5.99. The van der Waals surface area contributed by atoms with Crippen molar-refractivity contribution < 1.29 is 0 Å². The molecule has 0 saturated carbocycles. The Bertz CT molecular complexity index is 453. The van der Waals surface area contributed by atoms with Gasteiger partial charge in [-0.2, -0.15) is 5.10 Å². The molecule has 0 fully saturated rings. The minimum atomic E-state index is 0.998. The van der Waals surface area contributed by atoms with Gasteiger partial charge in [0.2, 0.25) is 0 Å². The van der Waals surface area contributed by atoms with Crippen molar-refractivity contribution in [2.24, 2.45) is 7.05 Å². The van der Waals surface area contributed by atoms with E-state index < -0.39 is 0 Å². The molecule has 0 bridgehead atoms. The molecule has 2 heterocycles. The van der Waals surface area contributed by atoms with Crippen molar-refractivity contribution in [3.05, 3.63) is 30.0 Å². The molecule has 0 amide bonds. The van der Waals surface area contributed by atoms with Gasteiger partial charge in [0.1, 0.15) is 5.82 Å². The molecule has 15 heavy (non-hydrogen) atoms. The highest BCUT2D eigenvalue weighted by atomic mass is 15.3. The fraction of sp³-hybridized carbons (Fsp3) is 0.455. The summed E-state index contributed by atoms with van der Waals surface area (Å²) >= 11 is 0. The standard InChI is InChI=1S/C11H16N4/c1-4-5-10-6-7-15(13-10)11-8-12-9(2)14(11)3/h6-8H,4-5H2,1-3H3. The molecule has 2 aromatic rings. The van der Waals surface area contributed by atoms with Crippen LogP contribution >= 0.6 is 0 Å². The predicted molar refractivity (Wildman–Crippen MR) is 59.1 cm³/mol. The third-order valence-corrected chi connectivity index (χ3v) is 2.58. The summed E-state index contributed by atoms with van der Waals surface area (Å²) in [5.41, 5.74) is 1.14. The first kappa shape index (κ1) is 9.96. The van der Waals surface area contributed by atoms with E-state index in [1.54, 1.807) is 0 Å². The summed E-state index contributed by atoms with van der Waals surface area (Å²) in [4.78, 5) is 4.25. The first-order chi connectivity index (χ1) is 7.22. The number of imidazole rings is 1. The highest BCUT2D eigenvalue weighted by Gasteiger charge is 2.06. The molecule has 0 aliphatic carbocycles. The van der Waals surface area contributed by atoms with Gasteiger partial charge in [-0.15, -0.1) is 0 Å². The summed E-state index contributed by atoms with van der Waals surface area (Å²) in [5, 5.41) is 4.50. The van der Waals surface area contributed by atoms with E-state index >= 15 is 0 Å². The van der Waals surface area contributed by atoms with Crippen LogP contribution in [0.2, 0.25) is 0 Å². The van der Waals surface area contributed by atoms with Gasteiger partial charge in [-0.1, -0.05) is 13.3 Å². The maximum absolute atomic E-state index is 4.50. The lowest BCUT2D eigenvalue weighted by atomic mass is 10.3. The highest BCUT2D eigenvalue weighted by Crippen LogP contribution is 2.09. The molecule has 0 aromatic carbocycles. The zero-order valence-electron chi connectivity index (χ0n) is 9.44. The lowest BCUT2D eigenvalue weighted by Crippen LogP contribution is -2.03. The molecular formula is C11H16N4. The van der Waals surface area contributed by atoms with Crippen molar-refractivity contribution in [1.29, 1.82) is 0 Å². The molecule has 0 N–H and O–H groups in total. The summed E-state index contributed by atoms with van der Waals surface area (Å²) in [7, 11) is 2.00. The third kappa shape index (κ3) is 1.79. The quantitative estimate of drug-likeness (QED) is 0.765. The van der Waals surface area contributed by atoms with E-state index in [1.807, 2.05) is 35.6 Å². The van der Waals surface area contributed by atoms with Gasteiger partial charge in [0, 0.05) is 13.2 Å². The van der Waals surface area contributed by atoms with E-state index in [2.05, 4.69) is 23.1 Å². The number of nitrogens with zero attached hydrogens (tertiary/aromatic N) is 4. The molecule has 2 aromatic heterocycles. The van der Waals surface area contributed by atoms with Crippen molar-refractivity contribution in [3.63, 3.8) is 0 Å². The Morgan fingerprint density at radius 2 is 2.20 bits per heavy atom. The summed E-state index contributed by atoms with van der Waals surface area (Å²) in [6.45, 7) is 4.15. The molecular weight excluding hydrogens is 188 g/mol. The number of aryl methyl sites for hydroxylation is 2. The lowest BCUT2D eigenvalue weighted by Gasteiger charge is -2.02. The number of hydrogen-bond acceptors (Lipinski definition) is 2. The molecule has 0 spiro atoms. The van der Waals surface area contributed by atoms with Gasteiger partial charge >= 0.3 is 0 Å². The van der Waals surface area contributed by atoms with Crippen molar-refractivity contribution in [2.45, 2.75) is 26.7 Å². The molecule has 0 unspecified atom stereocenters. The zero-order chi connectivity index (χ0) is 10.8. The summed E-state index contributed by atoms with van der Waals surface area (Å²) < 4.78 is 3.91. The van der Waals surface area contributed by atoms with Crippen LogP contribution in [0.3, 0.4) is 0 Å². The van der Waals surface area contributed by atoms with Crippen LogP contribution in [-0.2, 0) is 13.5 Å². The summed E-state index contributed by atoms with van der Waals surface area (Å²) in [5.74, 6) is 2.01. The van der Waals surface area contributed by atoms with Crippen molar-refractivity contribution in [3.8, 4) is 5.82 Å². The molecule has 0 aliphatic heterocycles. The zero-order valence-corrected chi connectivity index (χ0v) is 9.44. The molecule has 2 rings (SSSR count). The molecule has 0 aliphatic rings. The number of rotatable bonds is 3. The molecule has 4 nitrogen and oxygen atoms in total. The lowest BCUT2D eigenvalue weighted by molar-refractivity contribution is 0.736. The van der Waals surface area contributed by atoms with Crippen LogP contribution in [-0.4, -0.2) is 19.3 Å². The predicted octanol–water partition coefficient (Wildman–Crippen LogP) is 1.87. The Balaban J connectivity index is 2.33. The normalized spacial score (nSPS) is 10.9. The van der Waals surface area contributed by atoms with E-state index in [4.69, 9.17) is 0 Å². The maximum atomic E-state index is 4.50. The van der Waals surface area contributed by atoms with Crippen LogP contribution in [0.4, 0.5) is 0 Å². The topological polar surface area (TPSA) is 35.6 Å². The maximum Gasteiger partial charge on any atom is 0.153 e. The Hall–Kier alpha value is -1.58. The van der Waals surface area contributed by atoms with Gasteiger partial charge in [-0.3, -0.25) is 0 Å². The Morgan fingerprint density at radius 3 is 2.80 bits per heavy atom. The van der Waals surface area contributed by atoms with E-state index in [-0.39, 0.29) is 0 Å². The van der Waals surface area contributed by atoms with Crippen LogP contribution in [0.5, 0.6) is 0 Å². The summed E-state index contributed by atoms with van der Waals surface area (Å²) in [6, 6.07) is 2.06. The van der Waals surface area contributed by atoms with Gasteiger partial charge in [0.05, 0.1) is 11.9 Å². The Labute approximate surface area is 89.6 Å². The molecule has 0 saturated heterocycles. The molecule has 4 heteroatoms. The first-order valence-electron chi connectivity index (χ1n) is 5.25. The van der Waals surface area contributed by atoms with Crippen molar-refractivity contribution in [1.82, 2.24) is 19.3 Å². The number of hydrogen-bond donors (Lipinski definition) is 0. The SMILES string of the molecule is CCCc1ccn(-c2cnc(C)n2C)n1. The van der Waals surface area contributed by atoms with E-state index in [0.29, 0.717) is 0 Å². The van der Waals surface area contributed by atoms with Crippen molar-refractivity contribution in [2.75, 3.05) is 0 Å². The number of aromatic nitrogens is 4. The van der Waals surface area contributed by atoms with Crippen LogP contribution in [0.1, 0.15) is 24.9 Å². The average molecular weight is 204 g/mol. The molecule has 0 atom stereocenters. The highest BCUT2D eigenvalue weighted by molar-refractivity contribution is 5.22. The van der Waals surface area contributed by atoms with Crippen LogP contribution in [0.25, 0.3) is 5.82 Å². The second kappa shape index (κ2) is 3.88. The van der Waals surface area contributed by atoms with Gasteiger partial charge in [0.15, 0.2) is 5.82 Å². The van der Waals surface area contributed by atoms with Crippen LogP contribution < -0.4 is 0 Å². The Kier molecular flexibility index (Phi) is 2.58. The largest absolute Gasteiger partial charge is 0.317 e. The van der Waals surface area contributed by atoms with Gasteiger partial charge in [-0.25, -0.2) is 9.67 Å². The van der Waals surface area contributed by atoms with E-state index in [9.17, 15) is 0 Å². The minimum absolute atomic E-state index is 0.998.